The summed E-state index contributed by atoms with van der Waals surface area (Å²) >= 11 is 0. The molecule has 0 bridgehead atoms. The van der Waals surface area contributed by atoms with Gasteiger partial charge in [0.05, 0.1) is 6.54 Å². The Morgan fingerprint density at radius 2 is 1.86 bits per heavy atom. The van der Waals surface area contributed by atoms with Crippen molar-refractivity contribution in [2.24, 2.45) is 4.99 Å². The number of hydrogen-bond acceptors (Lipinski definition) is 2. The van der Waals surface area contributed by atoms with Crippen molar-refractivity contribution >= 4 is 5.90 Å². The monoisotopic (exact) mass is 295 g/mol. The molecule has 0 aromatic heterocycles. The SMILES string of the molecule is CCC(=C=CC1=CC(=NCc2ccccc2)OC1(C)C)CC. The van der Waals surface area contributed by atoms with Crippen LogP contribution >= 0.6 is 0 Å². The van der Waals surface area contributed by atoms with Crippen LogP contribution in [0.2, 0.25) is 0 Å². The topological polar surface area (TPSA) is 21.6 Å². The second-order valence-corrected chi connectivity index (χ2v) is 5.95. The summed E-state index contributed by atoms with van der Waals surface area (Å²) in [5, 5.41) is 0. The van der Waals surface area contributed by atoms with E-state index in [4.69, 9.17) is 4.74 Å². The number of benzene rings is 1. The average molecular weight is 295 g/mol. The number of rotatable bonds is 5. The maximum absolute atomic E-state index is 5.96. The van der Waals surface area contributed by atoms with Crippen molar-refractivity contribution in [1.29, 1.82) is 0 Å². The lowest BCUT2D eigenvalue weighted by atomic mass is 9.99. The maximum Gasteiger partial charge on any atom is 0.210 e. The van der Waals surface area contributed by atoms with Gasteiger partial charge in [0.2, 0.25) is 5.90 Å². The van der Waals surface area contributed by atoms with E-state index in [2.05, 4.69) is 50.6 Å². The van der Waals surface area contributed by atoms with Crippen LogP contribution in [0.15, 0.2) is 64.4 Å². The van der Waals surface area contributed by atoms with Crippen LogP contribution in [-0.2, 0) is 11.3 Å². The van der Waals surface area contributed by atoms with E-state index in [0.29, 0.717) is 12.4 Å². The summed E-state index contributed by atoms with van der Waals surface area (Å²) in [6.07, 6.45) is 6.15. The molecule has 1 aromatic carbocycles. The standard InChI is InChI=1S/C20H25NO/c1-5-16(6-2)12-13-18-14-19(22-20(18,3)4)21-15-17-10-8-7-9-11-17/h7-11,13-14H,5-6,15H2,1-4H3. The largest absolute Gasteiger partial charge is 0.467 e. The molecule has 2 nitrogen and oxygen atoms in total. The smallest absolute Gasteiger partial charge is 0.210 e. The summed E-state index contributed by atoms with van der Waals surface area (Å²) in [6.45, 7) is 9.11. The Bertz CT molecular complexity index is 623. The second-order valence-electron chi connectivity index (χ2n) is 5.95. The van der Waals surface area contributed by atoms with Crippen molar-refractivity contribution in [3.05, 3.63) is 64.9 Å². The van der Waals surface area contributed by atoms with Gasteiger partial charge in [-0.2, -0.15) is 0 Å². The zero-order valence-corrected chi connectivity index (χ0v) is 14.0. The first-order chi connectivity index (χ1) is 10.5. The van der Waals surface area contributed by atoms with Gasteiger partial charge in [-0.1, -0.05) is 44.2 Å². The highest BCUT2D eigenvalue weighted by Gasteiger charge is 2.31. The first-order valence-corrected chi connectivity index (χ1v) is 7.99. The van der Waals surface area contributed by atoms with Crippen molar-refractivity contribution in [2.45, 2.75) is 52.7 Å². The number of hydrogen-bond donors (Lipinski definition) is 0. The minimum atomic E-state index is -0.338. The van der Waals surface area contributed by atoms with Gasteiger partial charge < -0.3 is 4.74 Å². The normalized spacial score (nSPS) is 17.6. The fraction of sp³-hybridized carbons (Fsp3) is 0.400. The second kappa shape index (κ2) is 7.29. The zero-order valence-electron chi connectivity index (χ0n) is 14.0. The third-order valence-electron chi connectivity index (χ3n) is 3.88. The first-order valence-electron chi connectivity index (χ1n) is 7.99. The Kier molecular flexibility index (Phi) is 5.41. The van der Waals surface area contributed by atoms with Gasteiger partial charge in [0.1, 0.15) is 5.60 Å². The molecule has 0 atom stereocenters. The number of nitrogens with zero attached hydrogens (tertiary/aromatic N) is 1. The molecule has 0 fully saturated rings. The van der Waals surface area contributed by atoms with Crippen LogP contribution in [-0.4, -0.2) is 11.5 Å². The fourth-order valence-corrected chi connectivity index (χ4v) is 2.34. The van der Waals surface area contributed by atoms with E-state index in [1.807, 2.05) is 30.4 Å². The van der Waals surface area contributed by atoms with E-state index in [9.17, 15) is 0 Å². The highest BCUT2D eigenvalue weighted by atomic mass is 16.5. The molecule has 0 spiro atoms. The molecule has 1 aliphatic heterocycles. The first kappa shape index (κ1) is 16.3. The van der Waals surface area contributed by atoms with Crippen molar-refractivity contribution < 1.29 is 4.74 Å². The molecule has 0 aliphatic carbocycles. The Morgan fingerprint density at radius 3 is 2.50 bits per heavy atom. The minimum absolute atomic E-state index is 0.338. The Labute approximate surface area is 133 Å². The van der Waals surface area contributed by atoms with Gasteiger partial charge in [-0.3, -0.25) is 0 Å². The predicted molar refractivity (Wildman–Crippen MR) is 93.0 cm³/mol. The molecule has 1 aliphatic rings. The number of aliphatic imine (C=N–C) groups is 1. The van der Waals surface area contributed by atoms with E-state index in [1.165, 1.54) is 11.1 Å². The molecule has 0 unspecified atom stereocenters. The van der Waals surface area contributed by atoms with Crippen LogP contribution in [0.25, 0.3) is 0 Å². The van der Waals surface area contributed by atoms with Gasteiger partial charge in [0.15, 0.2) is 0 Å². The third-order valence-corrected chi connectivity index (χ3v) is 3.88. The van der Waals surface area contributed by atoms with Gasteiger partial charge in [0, 0.05) is 11.6 Å². The summed E-state index contributed by atoms with van der Waals surface area (Å²) in [5.41, 5.74) is 6.70. The molecule has 22 heavy (non-hydrogen) atoms. The van der Waals surface area contributed by atoms with E-state index in [0.717, 1.165) is 18.4 Å². The van der Waals surface area contributed by atoms with Crippen molar-refractivity contribution in [1.82, 2.24) is 0 Å². The van der Waals surface area contributed by atoms with Crippen molar-refractivity contribution in [3.63, 3.8) is 0 Å². The van der Waals surface area contributed by atoms with Crippen LogP contribution in [0, 0.1) is 0 Å². The lowest BCUT2D eigenvalue weighted by molar-refractivity contribution is 0.153. The van der Waals surface area contributed by atoms with Crippen LogP contribution in [0.3, 0.4) is 0 Å². The van der Waals surface area contributed by atoms with Crippen LogP contribution in [0.4, 0.5) is 0 Å². The molecule has 1 aromatic rings. The van der Waals surface area contributed by atoms with Crippen molar-refractivity contribution in [2.75, 3.05) is 0 Å². The highest BCUT2D eigenvalue weighted by molar-refractivity contribution is 5.92. The molecule has 1 heterocycles. The predicted octanol–water partition coefficient (Wildman–Crippen LogP) is 5.22. The maximum atomic E-state index is 5.96. The average Bonchev–Trinajstić information content (AvgIpc) is 2.81. The Hall–Kier alpha value is -2.05. The Balaban J connectivity index is 2.18. The summed E-state index contributed by atoms with van der Waals surface area (Å²) in [6, 6.07) is 10.2. The van der Waals surface area contributed by atoms with Gasteiger partial charge in [-0.25, -0.2) is 4.99 Å². The quantitative estimate of drug-likeness (QED) is 0.682. The summed E-state index contributed by atoms with van der Waals surface area (Å²) in [4.78, 5) is 4.57. The molecule has 0 radical (unpaired) electrons. The molecule has 2 rings (SSSR count). The molecule has 116 valence electrons. The molecule has 2 heteroatoms. The highest BCUT2D eigenvalue weighted by Crippen LogP contribution is 2.29. The molecule has 0 saturated carbocycles. The summed E-state index contributed by atoms with van der Waals surface area (Å²) in [5.74, 6) is 0.705. The molecule has 0 saturated heterocycles. The van der Waals surface area contributed by atoms with Gasteiger partial charge >= 0.3 is 0 Å². The van der Waals surface area contributed by atoms with Gasteiger partial charge in [0.25, 0.3) is 0 Å². The van der Waals surface area contributed by atoms with Crippen LogP contribution < -0.4 is 0 Å². The third kappa shape index (κ3) is 4.22. The molecular formula is C20H25NO. The fourth-order valence-electron chi connectivity index (χ4n) is 2.34. The summed E-state index contributed by atoms with van der Waals surface area (Å²) < 4.78 is 5.96. The molecule has 0 amide bonds. The van der Waals surface area contributed by atoms with Crippen LogP contribution in [0.5, 0.6) is 0 Å². The van der Waals surface area contributed by atoms with E-state index in [-0.39, 0.29) is 5.60 Å². The Morgan fingerprint density at radius 1 is 1.18 bits per heavy atom. The lowest BCUT2D eigenvalue weighted by Gasteiger charge is -2.20. The van der Waals surface area contributed by atoms with E-state index in [1.54, 1.807) is 0 Å². The van der Waals surface area contributed by atoms with Crippen LogP contribution in [0.1, 0.15) is 46.1 Å². The van der Waals surface area contributed by atoms with Gasteiger partial charge in [-0.15, -0.1) is 5.73 Å². The van der Waals surface area contributed by atoms with Crippen molar-refractivity contribution in [3.8, 4) is 0 Å². The lowest BCUT2D eigenvalue weighted by Crippen LogP contribution is -2.22. The zero-order chi connectivity index (χ0) is 16.0. The molecular weight excluding hydrogens is 270 g/mol. The minimum Gasteiger partial charge on any atom is -0.467 e. The van der Waals surface area contributed by atoms with E-state index < -0.39 is 0 Å². The van der Waals surface area contributed by atoms with E-state index >= 15 is 0 Å². The molecule has 0 N–H and O–H groups in total. The number of ether oxygens (including phenoxy) is 1. The summed E-state index contributed by atoms with van der Waals surface area (Å²) in [7, 11) is 0. The van der Waals surface area contributed by atoms with Gasteiger partial charge in [-0.05, 0) is 43.9 Å².